The lowest BCUT2D eigenvalue weighted by Gasteiger charge is -2.38. The fraction of sp³-hybridized carbons (Fsp3) is 0.529. The third-order valence-corrected chi connectivity index (χ3v) is 4.88. The van der Waals surface area contributed by atoms with Crippen LogP contribution in [0.5, 0.6) is 0 Å². The molecule has 1 aliphatic heterocycles. The summed E-state index contributed by atoms with van der Waals surface area (Å²) in [6.07, 6.45) is 2.19. The summed E-state index contributed by atoms with van der Waals surface area (Å²) >= 11 is 3.45. The zero-order chi connectivity index (χ0) is 17.4. The lowest BCUT2D eigenvalue weighted by atomic mass is 9.74. The summed E-state index contributed by atoms with van der Waals surface area (Å²) < 4.78 is 6.51. The Labute approximate surface area is 150 Å². The molecule has 132 valence electrons. The number of carboxylic acids is 1. The van der Waals surface area contributed by atoms with Crippen LogP contribution in [0, 0.1) is 0 Å². The van der Waals surface area contributed by atoms with E-state index in [-0.39, 0.29) is 17.9 Å². The first-order valence-corrected chi connectivity index (χ1v) is 8.88. The summed E-state index contributed by atoms with van der Waals surface area (Å²) in [5.41, 5.74) is 1.07. The van der Waals surface area contributed by atoms with Crippen molar-refractivity contribution in [2.75, 3.05) is 26.3 Å². The van der Waals surface area contributed by atoms with Crippen LogP contribution in [0.2, 0.25) is 0 Å². The van der Waals surface area contributed by atoms with Crippen LogP contribution in [0.4, 0.5) is 4.79 Å². The second-order valence-electron chi connectivity index (χ2n) is 6.01. The minimum Gasteiger partial charge on any atom is -0.481 e. The lowest BCUT2D eigenvalue weighted by Crippen LogP contribution is -2.47. The number of amides is 2. The third-order valence-electron chi connectivity index (χ3n) is 4.35. The minimum absolute atomic E-state index is 0.0560. The van der Waals surface area contributed by atoms with Gasteiger partial charge in [0.25, 0.3) is 0 Å². The summed E-state index contributed by atoms with van der Waals surface area (Å²) in [5.74, 6) is -0.853. The molecule has 1 saturated heterocycles. The third kappa shape index (κ3) is 5.49. The van der Waals surface area contributed by atoms with Gasteiger partial charge in [-0.2, -0.15) is 0 Å². The molecular formula is C17H23BrN2O4. The van der Waals surface area contributed by atoms with Gasteiger partial charge < -0.3 is 20.5 Å². The minimum atomic E-state index is -0.853. The van der Waals surface area contributed by atoms with Gasteiger partial charge in [-0.1, -0.05) is 28.1 Å². The number of halogens is 1. The molecule has 0 aliphatic carbocycles. The second kappa shape index (κ2) is 9.03. The van der Waals surface area contributed by atoms with Crippen molar-refractivity contribution in [1.82, 2.24) is 10.6 Å². The van der Waals surface area contributed by atoms with E-state index in [4.69, 9.17) is 9.84 Å². The van der Waals surface area contributed by atoms with Crippen LogP contribution in [0.1, 0.15) is 31.2 Å². The fourth-order valence-electron chi connectivity index (χ4n) is 2.89. The van der Waals surface area contributed by atoms with E-state index in [0.29, 0.717) is 32.7 Å². The summed E-state index contributed by atoms with van der Waals surface area (Å²) in [7, 11) is 0. The topological polar surface area (TPSA) is 87.7 Å². The predicted molar refractivity (Wildman–Crippen MR) is 94.1 cm³/mol. The van der Waals surface area contributed by atoms with Crippen LogP contribution in [0.3, 0.4) is 0 Å². The zero-order valence-corrected chi connectivity index (χ0v) is 15.1. The molecule has 1 aliphatic rings. The van der Waals surface area contributed by atoms with Crippen LogP contribution in [0.15, 0.2) is 28.7 Å². The molecule has 3 N–H and O–H groups in total. The van der Waals surface area contributed by atoms with Crippen LogP contribution in [-0.4, -0.2) is 43.4 Å². The van der Waals surface area contributed by atoms with Gasteiger partial charge in [0, 0.05) is 42.6 Å². The van der Waals surface area contributed by atoms with Crippen LogP contribution >= 0.6 is 15.9 Å². The fourth-order valence-corrected chi connectivity index (χ4v) is 3.15. The SMILES string of the molecule is O=C(O)CCCNC(=O)NCC1(c2ccc(Br)cc2)CCOCC1. The number of carbonyl (C=O) groups excluding carboxylic acids is 1. The standard InChI is InChI=1S/C17H23BrN2O4/c18-14-5-3-13(4-6-14)17(7-10-24-11-8-17)12-20-16(23)19-9-1-2-15(21)22/h3-6H,1-2,7-12H2,(H,21,22)(H2,19,20,23). The van der Waals surface area contributed by atoms with E-state index >= 15 is 0 Å². The molecule has 0 saturated carbocycles. The Balaban J connectivity index is 1.91. The molecule has 7 heteroatoms. The van der Waals surface area contributed by atoms with Crippen molar-refractivity contribution in [1.29, 1.82) is 0 Å². The normalized spacial score (nSPS) is 16.4. The molecule has 0 atom stereocenters. The van der Waals surface area contributed by atoms with E-state index in [0.717, 1.165) is 17.3 Å². The van der Waals surface area contributed by atoms with E-state index < -0.39 is 5.97 Å². The molecule has 0 radical (unpaired) electrons. The highest BCUT2D eigenvalue weighted by Crippen LogP contribution is 2.34. The van der Waals surface area contributed by atoms with Crippen molar-refractivity contribution < 1.29 is 19.4 Å². The van der Waals surface area contributed by atoms with Crippen molar-refractivity contribution in [3.05, 3.63) is 34.3 Å². The van der Waals surface area contributed by atoms with Gasteiger partial charge in [0.15, 0.2) is 0 Å². The number of ether oxygens (including phenoxy) is 1. The highest BCUT2D eigenvalue weighted by atomic mass is 79.9. The monoisotopic (exact) mass is 398 g/mol. The Kier molecular flexibility index (Phi) is 7.05. The summed E-state index contributed by atoms with van der Waals surface area (Å²) in [6, 6.07) is 7.93. The maximum Gasteiger partial charge on any atom is 0.314 e. The smallest absolute Gasteiger partial charge is 0.314 e. The van der Waals surface area contributed by atoms with Crippen molar-refractivity contribution in [2.24, 2.45) is 0 Å². The van der Waals surface area contributed by atoms with Gasteiger partial charge >= 0.3 is 12.0 Å². The Morgan fingerprint density at radius 2 is 1.83 bits per heavy atom. The van der Waals surface area contributed by atoms with Crippen LogP contribution < -0.4 is 10.6 Å². The number of urea groups is 1. The summed E-state index contributed by atoms with van der Waals surface area (Å²) in [6.45, 7) is 2.24. The lowest BCUT2D eigenvalue weighted by molar-refractivity contribution is -0.137. The number of carbonyl (C=O) groups is 2. The average Bonchev–Trinajstić information content (AvgIpc) is 2.58. The molecule has 6 nitrogen and oxygen atoms in total. The molecule has 0 spiro atoms. The number of hydrogen-bond donors (Lipinski definition) is 3. The second-order valence-corrected chi connectivity index (χ2v) is 6.92. The molecule has 0 unspecified atom stereocenters. The van der Waals surface area contributed by atoms with E-state index in [1.807, 2.05) is 12.1 Å². The van der Waals surface area contributed by atoms with Crippen molar-refractivity contribution in [3.63, 3.8) is 0 Å². The van der Waals surface area contributed by atoms with Gasteiger partial charge in [-0.05, 0) is 37.0 Å². The Bertz CT molecular complexity index is 556. The van der Waals surface area contributed by atoms with Gasteiger partial charge in [-0.25, -0.2) is 4.79 Å². The van der Waals surface area contributed by atoms with E-state index in [2.05, 4.69) is 38.7 Å². The van der Waals surface area contributed by atoms with Gasteiger partial charge in [0.2, 0.25) is 0 Å². The zero-order valence-electron chi connectivity index (χ0n) is 13.5. The van der Waals surface area contributed by atoms with E-state index in [9.17, 15) is 9.59 Å². The van der Waals surface area contributed by atoms with E-state index in [1.165, 1.54) is 5.56 Å². The number of carboxylic acid groups (broad SMARTS) is 1. The molecule has 0 aromatic heterocycles. The number of hydrogen-bond acceptors (Lipinski definition) is 3. The molecular weight excluding hydrogens is 376 g/mol. The molecule has 1 fully saturated rings. The molecule has 0 bridgehead atoms. The molecule has 1 aromatic rings. The molecule has 1 aromatic carbocycles. The number of aliphatic carboxylic acids is 1. The maximum absolute atomic E-state index is 11.9. The summed E-state index contributed by atoms with van der Waals surface area (Å²) in [5, 5.41) is 14.2. The maximum atomic E-state index is 11.9. The first-order chi connectivity index (χ1) is 11.5. The number of benzene rings is 1. The van der Waals surface area contributed by atoms with Crippen molar-refractivity contribution in [2.45, 2.75) is 31.1 Å². The van der Waals surface area contributed by atoms with Gasteiger partial charge in [-0.15, -0.1) is 0 Å². The Morgan fingerprint density at radius 1 is 1.17 bits per heavy atom. The molecule has 1 heterocycles. The highest BCUT2D eigenvalue weighted by molar-refractivity contribution is 9.10. The molecule has 24 heavy (non-hydrogen) atoms. The van der Waals surface area contributed by atoms with Gasteiger partial charge in [0.05, 0.1) is 0 Å². The van der Waals surface area contributed by atoms with Crippen LogP contribution in [-0.2, 0) is 14.9 Å². The van der Waals surface area contributed by atoms with Crippen LogP contribution in [0.25, 0.3) is 0 Å². The van der Waals surface area contributed by atoms with Gasteiger partial charge in [-0.3, -0.25) is 4.79 Å². The van der Waals surface area contributed by atoms with E-state index in [1.54, 1.807) is 0 Å². The first kappa shape index (κ1) is 18.7. The predicted octanol–water partition coefficient (Wildman–Crippen LogP) is 2.66. The highest BCUT2D eigenvalue weighted by Gasteiger charge is 2.34. The number of rotatable bonds is 7. The average molecular weight is 399 g/mol. The Hall–Kier alpha value is -1.60. The first-order valence-electron chi connectivity index (χ1n) is 8.09. The molecule has 2 amide bonds. The quantitative estimate of drug-likeness (QED) is 0.616. The molecule has 2 rings (SSSR count). The van der Waals surface area contributed by atoms with Crippen molar-refractivity contribution in [3.8, 4) is 0 Å². The van der Waals surface area contributed by atoms with Crippen molar-refractivity contribution >= 4 is 27.9 Å². The van der Waals surface area contributed by atoms with Gasteiger partial charge in [0.1, 0.15) is 0 Å². The summed E-state index contributed by atoms with van der Waals surface area (Å²) in [4.78, 5) is 22.4. The Morgan fingerprint density at radius 3 is 2.46 bits per heavy atom. The largest absolute Gasteiger partial charge is 0.481 e. The number of nitrogens with one attached hydrogen (secondary N) is 2.